The number of hydrogen-bond acceptors (Lipinski definition) is 4. The largest absolute Gasteiger partial charge is 0.384 e. The predicted octanol–water partition coefficient (Wildman–Crippen LogP) is 0.952. The van der Waals surface area contributed by atoms with E-state index in [1.807, 2.05) is 11.2 Å². The molecular formula is C12H24N2O2S. The molecule has 1 atom stereocenters. The number of thioether (sulfide) groups is 1. The maximum atomic E-state index is 12.0. The number of methoxy groups -OCH3 is 1. The Morgan fingerprint density at radius 3 is 2.71 bits per heavy atom. The summed E-state index contributed by atoms with van der Waals surface area (Å²) in [6.07, 6.45) is 4.88. The Morgan fingerprint density at radius 2 is 2.18 bits per heavy atom. The summed E-state index contributed by atoms with van der Waals surface area (Å²) in [7, 11) is 1.73. The van der Waals surface area contributed by atoms with Gasteiger partial charge in [-0.3, -0.25) is 4.79 Å². The van der Waals surface area contributed by atoms with Crippen molar-refractivity contribution in [2.45, 2.75) is 25.3 Å². The van der Waals surface area contributed by atoms with Gasteiger partial charge in [-0.25, -0.2) is 0 Å². The van der Waals surface area contributed by atoms with Crippen molar-refractivity contribution in [2.24, 2.45) is 11.7 Å². The molecule has 0 radical (unpaired) electrons. The average molecular weight is 260 g/mol. The highest BCUT2D eigenvalue weighted by molar-refractivity contribution is 7.98. The Hall–Kier alpha value is -0.260. The van der Waals surface area contributed by atoms with Crippen molar-refractivity contribution in [3.63, 3.8) is 0 Å². The molecule has 0 spiro atoms. The molecule has 1 fully saturated rings. The van der Waals surface area contributed by atoms with Crippen LogP contribution in [0.15, 0.2) is 0 Å². The summed E-state index contributed by atoms with van der Waals surface area (Å²) < 4.78 is 5.15. The standard InChI is InChI=1S/C12H24N2O2S/c1-16-9-10-3-6-14(7-4-10)12(15)11(13)5-8-17-2/h10-11H,3-9,13H2,1-2H3/t11-/m1/s1. The first-order valence-corrected chi connectivity index (χ1v) is 7.60. The van der Waals surface area contributed by atoms with Gasteiger partial charge in [0.15, 0.2) is 0 Å². The third-order valence-corrected chi connectivity index (χ3v) is 3.92. The Bertz CT molecular complexity index is 231. The lowest BCUT2D eigenvalue weighted by Gasteiger charge is -2.33. The molecule has 0 unspecified atom stereocenters. The van der Waals surface area contributed by atoms with Crippen LogP contribution in [0.5, 0.6) is 0 Å². The van der Waals surface area contributed by atoms with Crippen LogP contribution < -0.4 is 5.73 Å². The zero-order valence-electron chi connectivity index (χ0n) is 10.9. The van der Waals surface area contributed by atoms with E-state index < -0.39 is 0 Å². The van der Waals surface area contributed by atoms with Crippen LogP contribution in [0.3, 0.4) is 0 Å². The second-order valence-corrected chi connectivity index (χ2v) is 5.60. The number of piperidine rings is 1. The number of ether oxygens (including phenoxy) is 1. The SMILES string of the molecule is COCC1CCN(C(=O)[C@H](N)CCSC)CC1. The van der Waals surface area contributed by atoms with Gasteiger partial charge in [-0.15, -0.1) is 0 Å². The molecule has 5 heteroatoms. The lowest BCUT2D eigenvalue weighted by molar-refractivity contribution is -0.134. The van der Waals surface area contributed by atoms with Crippen LogP contribution in [0.25, 0.3) is 0 Å². The molecule has 0 aromatic carbocycles. The van der Waals surface area contributed by atoms with Gasteiger partial charge in [0.1, 0.15) is 0 Å². The first-order valence-electron chi connectivity index (χ1n) is 6.21. The summed E-state index contributed by atoms with van der Waals surface area (Å²) in [5.74, 6) is 1.67. The van der Waals surface area contributed by atoms with Gasteiger partial charge < -0.3 is 15.4 Å². The second-order valence-electron chi connectivity index (χ2n) is 4.61. The highest BCUT2D eigenvalue weighted by atomic mass is 32.2. The van der Waals surface area contributed by atoms with Crippen LogP contribution in [-0.4, -0.2) is 55.7 Å². The summed E-state index contributed by atoms with van der Waals surface area (Å²) in [4.78, 5) is 13.9. The quantitative estimate of drug-likeness (QED) is 0.772. The van der Waals surface area contributed by atoms with Gasteiger partial charge in [-0.2, -0.15) is 11.8 Å². The third-order valence-electron chi connectivity index (χ3n) is 3.28. The number of nitrogens with two attached hydrogens (primary N) is 1. The summed E-state index contributed by atoms with van der Waals surface area (Å²) >= 11 is 1.73. The van der Waals surface area contributed by atoms with Gasteiger partial charge >= 0.3 is 0 Å². The van der Waals surface area contributed by atoms with E-state index in [0.717, 1.165) is 44.7 Å². The van der Waals surface area contributed by atoms with E-state index in [9.17, 15) is 4.79 Å². The topological polar surface area (TPSA) is 55.6 Å². The normalized spacial score (nSPS) is 19.4. The molecule has 0 aliphatic carbocycles. The van der Waals surface area contributed by atoms with E-state index >= 15 is 0 Å². The fourth-order valence-electron chi connectivity index (χ4n) is 2.16. The van der Waals surface area contributed by atoms with Gasteiger partial charge in [-0.05, 0) is 37.2 Å². The van der Waals surface area contributed by atoms with E-state index in [-0.39, 0.29) is 11.9 Å². The van der Waals surface area contributed by atoms with Gasteiger partial charge in [0, 0.05) is 26.8 Å². The van der Waals surface area contributed by atoms with Crippen LogP contribution in [0.2, 0.25) is 0 Å². The number of carbonyl (C=O) groups is 1. The fourth-order valence-corrected chi connectivity index (χ4v) is 2.65. The molecule has 2 N–H and O–H groups in total. The number of rotatable bonds is 6. The van der Waals surface area contributed by atoms with Crippen molar-refractivity contribution in [1.82, 2.24) is 4.90 Å². The molecule has 1 heterocycles. The van der Waals surface area contributed by atoms with Gasteiger partial charge in [0.05, 0.1) is 6.04 Å². The minimum Gasteiger partial charge on any atom is -0.384 e. The molecule has 1 rings (SSSR count). The van der Waals surface area contributed by atoms with Crippen LogP contribution in [0, 0.1) is 5.92 Å². The van der Waals surface area contributed by atoms with Crippen LogP contribution >= 0.6 is 11.8 Å². The molecule has 1 saturated heterocycles. The predicted molar refractivity (Wildman–Crippen MR) is 72.2 cm³/mol. The summed E-state index contributed by atoms with van der Waals surface area (Å²) in [5.41, 5.74) is 5.90. The summed E-state index contributed by atoms with van der Waals surface area (Å²) in [6, 6.07) is -0.318. The molecule has 0 bridgehead atoms. The molecular weight excluding hydrogens is 236 g/mol. The molecule has 17 heavy (non-hydrogen) atoms. The average Bonchev–Trinajstić information content (AvgIpc) is 2.36. The summed E-state index contributed by atoms with van der Waals surface area (Å²) in [6.45, 7) is 2.47. The Labute approximate surface area is 108 Å². The van der Waals surface area contributed by atoms with Crippen molar-refractivity contribution in [2.75, 3.05) is 38.8 Å². The number of amides is 1. The number of hydrogen-bond donors (Lipinski definition) is 1. The van der Waals surface area contributed by atoms with Crippen molar-refractivity contribution >= 4 is 17.7 Å². The molecule has 1 aliphatic heterocycles. The molecule has 1 aliphatic rings. The van der Waals surface area contributed by atoms with Crippen molar-refractivity contribution in [1.29, 1.82) is 0 Å². The van der Waals surface area contributed by atoms with E-state index in [4.69, 9.17) is 10.5 Å². The first-order chi connectivity index (χ1) is 8.19. The van der Waals surface area contributed by atoms with Crippen molar-refractivity contribution < 1.29 is 9.53 Å². The summed E-state index contributed by atoms with van der Waals surface area (Å²) in [5, 5.41) is 0. The third kappa shape index (κ3) is 4.85. The molecule has 1 amide bonds. The number of nitrogens with zero attached hydrogens (tertiary/aromatic N) is 1. The van der Waals surface area contributed by atoms with Crippen LogP contribution in [0.4, 0.5) is 0 Å². The molecule has 0 aromatic heterocycles. The smallest absolute Gasteiger partial charge is 0.239 e. The van der Waals surface area contributed by atoms with Gasteiger partial charge in [-0.1, -0.05) is 0 Å². The lowest BCUT2D eigenvalue weighted by Crippen LogP contribution is -2.47. The Kier molecular flexibility index (Phi) is 6.92. The molecule has 0 aromatic rings. The van der Waals surface area contributed by atoms with Gasteiger partial charge in [0.25, 0.3) is 0 Å². The highest BCUT2D eigenvalue weighted by Crippen LogP contribution is 2.18. The zero-order valence-corrected chi connectivity index (χ0v) is 11.7. The fraction of sp³-hybridized carbons (Fsp3) is 0.917. The maximum Gasteiger partial charge on any atom is 0.239 e. The van der Waals surface area contributed by atoms with E-state index in [1.54, 1.807) is 18.9 Å². The van der Waals surface area contributed by atoms with E-state index in [0.29, 0.717) is 5.92 Å². The molecule has 100 valence electrons. The van der Waals surface area contributed by atoms with Gasteiger partial charge in [0.2, 0.25) is 5.91 Å². The van der Waals surface area contributed by atoms with E-state index in [2.05, 4.69) is 0 Å². The number of carbonyl (C=O) groups excluding carboxylic acids is 1. The van der Waals surface area contributed by atoms with Crippen molar-refractivity contribution in [3.8, 4) is 0 Å². The monoisotopic (exact) mass is 260 g/mol. The second kappa shape index (κ2) is 7.95. The molecule has 4 nitrogen and oxygen atoms in total. The van der Waals surface area contributed by atoms with Crippen molar-refractivity contribution in [3.05, 3.63) is 0 Å². The lowest BCUT2D eigenvalue weighted by atomic mass is 9.97. The minimum atomic E-state index is -0.318. The first kappa shape index (κ1) is 14.8. The Morgan fingerprint density at radius 1 is 1.53 bits per heavy atom. The van der Waals surface area contributed by atoms with E-state index in [1.165, 1.54) is 0 Å². The molecule has 0 saturated carbocycles. The van der Waals surface area contributed by atoms with Crippen LogP contribution in [0.1, 0.15) is 19.3 Å². The minimum absolute atomic E-state index is 0.120. The zero-order chi connectivity index (χ0) is 12.7. The number of likely N-dealkylation sites (tertiary alicyclic amines) is 1. The maximum absolute atomic E-state index is 12.0. The van der Waals surface area contributed by atoms with Crippen LogP contribution in [-0.2, 0) is 9.53 Å². The Balaban J connectivity index is 2.30. The highest BCUT2D eigenvalue weighted by Gasteiger charge is 2.25.